The minimum absolute atomic E-state index is 0.176. The second kappa shape index (κ2) is 7.61. The highest BCUT2D eigenvalue weighted by molar-refractivity contribution is 5.69. The Balaban J connectivity index is 2.03. The summed E-state index contributed by atoms with van der Waals surface area (Å²) in [5.41, 5.74) is -0.194. The molecule has 0 spiro atoms. The number of amides is 1. The Morgan fingerprint density at radius 3 is 2.54 bits per heavy atom. The van der Waals surface area contributed by atoms with Gasteiger partial charge in [0.1, 0.15) is 5.60 Å². The summed E-state index contributed by atoms with van der Waals surface area (Å²) in [5.74, 6) is 0.344. The van der Waals surface area contributed by atoms with E-state index in [-0.39, 0.29) is 17.6 Å². The van der Waals surface area contributed by atoms with E-state index < -0.39 is 5.60 Å². The van der Waals surface area contributed by atoms with Gasteiger partial charge in [-0.1, -0.05) is 20.8 Å². The Kier molecular flexibility index (Phi) is 6.19. The zero-order valence-electron chi connectivity index (χ0n) is 16.4. The highest BCUT2D eigenvalue weighted by Gasteiger charge is 2.41. The molecule has 2 fully saturated rings. The van der Waals surface area contributed by atoms with Gasteiger partial charge in [-0.05, 0) is 45.4 Å². The van der Waals surface area contributed by atoms with Gasteiger partial charge >= 0.3 is 6.09 Å². The average Bonchev–Trinajstić information content (AvgIpc) is 2.92. The van der Waals surface area contributed by atoms with Crippen LogP contribution in [-0.4, -0.2) is 55.0 Å². The lowest BCUT2D eigenvalue weighted by molar-refractivity contribution is -0.0176. The first-order valence-corrected chi connectivity index (χ1v) is 9.37. The number of nitrogens with zero attached hydrogens (tertiary/aromatic N) is 1. The Morgan fingerprint density at radius 2 is 1.92 bits per heavy atom. The van der Waals surface area contributed by atoms with E-state index in [4.69, 9.17) is 9.47 Å². The molecule has 24 heavy (non-hydrogen) atoms. The van der Waals surface area contributed by atoms with E-state index in [1.807, 2.05) is 25.7 Å². The van der Waals surface area contributed by atoms with Gasteiger partial charge in [0, 0.05) is 37.7 Å². The van der Waals surface area contributed by atoms with Crippen LogP contribution in [0.2, 0.25) is 0 Å². The third-order valence-electron chi connectivity index (χ3n) is 4.72. The zero-order valence-corrected chi connectivity index (χ0v) is 16.4. The second-order valence-corrected chi connectivity index (χ2v) is 9.46. The predicted octanol–water partition coefficient (Wildman–Crippen LogP) is 3.43. The van der Waals surface area contributed by atoms with Crippen LogP contribution in [0.25, 0.3) is 0 Å². The van der Waals surface area contributed by atoms with Crippen molar-refractivity contribution >= 4 is 6.09 Å². The van der Waals surface area contributed by atoms with E-state index in [9.17, 15) is 4.79 Å². The third kappa shape index (κ3) is 5.62. The van der Waals surface area contributed by atoms with Gasteiger partial charge < -0.3 is 19.7 Å². The molecule has 140 valence electrons. The van der Waals surface area contributed by atoms with Crippen LogP contribution in [0.4, 0.5) is 4.79 Å². The smallest absolute Gasteiger partial charge is 0.410 e. The normalized spacial score (nSPS) is 28.9. The van der Waals surface area contributed by atoms with E-state index in [2.05, 4.69) is 26.1 Å². The average molecular weight is 341 g/mol. The van der Waals surface area contributed by atoms with Crippen LogP contribution in [0.5, 0.6) is 0 Å². The van der Waals surface area contributed by atoms with Crippen LogP contribution >= 0.6 is 0 Å². The van der Waals surface area contributed by atoms with Crippen molar-refractivity contribution in [2.24, 2.45) is 11.3 Å². The predicted molar refractivity (Wildman–Crippen MR) is 96.1 cm³/mol. The van der Waals surface area contributed by atoms with Crippen molar-refractivity contribution in [3.05, 3.63) is 0 Å². The van der Waals surface area contributed by atoms with Gasteiger partial charge in [0.2, 0.25) is 0 Å². The maximum Gasteiger partial charge on any atom is 0.410 e. The lowest BCUT2D eigenvalue weighted by Gasteiger charge is -2.40. The van der Waals surface area contributed by atoms with Crippen molar-refractivity contribution < 1.29 is 14.3 Å². The largest absolute Gasteiger partial charge is 0.444 e. The third-order valence-corrected chi connectivity index (χ3v) is 4.72. The fourth-order valence-electron chi connectivity index (χ4n) is 3.61. The Hall–Kier alpha value is -0.810. The maximum atomic E-state index is 12.6. The van der Waals surface area contributed by atoms with E-state index >= 15 is 0 Å². The van der Waals surface area contributed by atoms with Crippen molar-refractivity contribution in [1.29, 1.82) is 0 Å². The molecular formula is C19H36N2O3. The summed E-state index contributed by atoms with van der Waals surface area (Å²) in [6.07, 6.45) is 2.93. The molecule has 2 aliphatic heterocycles. The molecule has 2 aliphatic rings. The van der Waals surface area contributed by atoms with Gasteiger partial charge in [-0.2, -0.15) is 0 Å². The molecule has 0 bridgehead atoms. The number of hydrogen-bond donors (Lipinski definition) is 1. The monoisotopic (exact) mass is 340 g/mol. The highest BCUT2D eigenvalue weighted by atomic mass is 16.6. The van der Waals surface area contributed by atoms with Gasteiger partial charge in [-0.25, -0.2) is 4.79 Å². The Morgan fingerprint density at radius 1 is 1.21 bits per heavy atom. The number of ether oxygens (including phenoxy) is 2. The van der Waals surface area contributed by atoms with Crippen molar-refractivity contribution in [2.45, 2.75) is 78.5 Å². The number of nitrogens with one attached hydrogen (secondary N) is 1. The van der Waals surface area contributed by atoms with Gasteiger partial charge in [0.05, 0.1) is 6.61 Å². The van der Waals surface area contributed by atoms with Crippen LogP contribution in [0, 0.1) is 11.3 Å². The summed E-state index contributed by atoms with van der Waals surface area (Å²) in [7, 11) is 0. The molecule has 1 N–H and O–H groups in total. The SMILES string of the molecule is CC(C)(C)CNC1CCOCC1C1CCCN1C(=O)OC(C)(C)C. The van der Waals surface area contributed by atoms with Crippen molar-refractivity contribution in [1.82, 2.24) is 10.2 Å². The first kappa shape index (κ1) is 19.5. The topological polar surface area (TPSA) is 50.8 Å². The standard InChI is InChI=1S/C19H36N2O3/c1-18(2,3)13-20-15-9-11-23-12-14(15)16-8-7-10-21(16)17(22)24-19(4,5)6/h14-16,20H,7-13H2,1-6H3. The Bertz CT molecular complexity index is 425. The summed E-state index contributed by atoms with van der Waals surface area (Å²) in [4.78, 5) is 14.5. The number of rotatable bonds is 3. The molecule has 2 saturated heterocycles. The van der Waals surface area contributed by atoms with Crippen molar-refractivity contribution in [2.75, 3.05) is 26.3 Å². The van der Waals surface area contributed by atoms with Gasteiger partial charge in [-0.15, -0.1) is 0 Å². The second-order valence-electron chi connectivity index (χ2n) is 9.46. The molecule has 3 unspecified atom stereocenters. The van der Waals surface area contributed by atoms with E-state index in [0.717, 1.165) is 45.6 Å². The molecule has 0 aliphatic carbocycles. The summed E-state index contributed by atoms with van der Waals surface area (Å²) >= 11 is 0. The van der Waals surface area contributed by atoms with E-state index in [1.54, 1.807) is 0 Å². The molecule has 0 aromatic rings. The molecule has 5 heteroatoms. The summed E-state index contributed by atoms with van der Waals surface area (Å²) in [6.45, 7) is 15.8. The fourth-order valence-corrected chi connectivity index (χ4v) is 3.61. The number of carbonyl (C=O) groups is 1. The molecule has 3 atom stereocenters. The lowest BCUT2D eigenvalue weighted by Crippen LogP contribution is -2.54. The van der Waals surface area contributed by atoms with Crippen LogP contribution in [0.15, 0.2) is 0 Å². The molecule has 0 aromatic heterocycles. The maximum absolute atomic E-state index is 12.6. The van der Waals surface area contributed by atoms with Crippen LogP contribution < -0.4 is 5.32 Å². The van der Waals surface area contributed by atoms with E-state index in [1.165, 1.54) is 0 Å². The number of likely N-dealkylation sites (tertiary alicyclic amines) is 1. The minimum atomic E-state index is -0.447. The van der Waals surface area contributed by atoms with Crippen molar-refractivity contribution in [3.8, 4) is 0 Å². The fraction of sp³-hybridized carbons (Fsp3) is 0.947. The summed E-state index contributed by atoms with van der Waals surface area (Å²) < 4.78 is 11.4. The lowest BCUT2D eigenvalue weighted by atomic mass is 9.86. The summed E-state index contributed by atoms with van der Waals surface area (Å²) in [5, 5.41) is 3.74. The van der Waals surface area contributed by atoms with Gasteiger partial charge in [-0.3, -0.25) is 0 Å². The quantitative estimate of drug-likeness (QED) is 0.855. The molecule has 0 saturated carbocycles. The molecule has 2 rings (SSSR count). The van der Waals surface area contributed by atoms with Crippen LogP contribution in [0.1, 0.15) is 60.8 Å². The highest BCUT2D eigenvalue weighted by Crippen LogP contribution is 2.31. The molecule has 0 radical (unpaired) electrons. The first-order valence-electron chi connectivity index (χ1n) is 9.37. The molecule has 2 heterocycles. The summed E-state index contributed by atoms with van der Waals surface area (Å²) in [6, 6.07) is 0.628. The van der Waals surface area contributed by atoms with E-state index in [0.29, 0.717) is 12.0 Å². The molecular weight excluding hydrogens is 304 g/mol. The van der Waals surface area contributed by atoms with Crippen LogP contribution in [0.3, 0.4) is 0 Å². The number of carbonyl (C=O) groups excluding carboxylic acids is 1. The molecule has 0 aromatic carbocycles. The molecule has 1 amide bonds. The van der Waals surface area contributed by atoms with Gasteiger partial charge in [0.25, 0.3) is 0 Å². The zero-order chi connectivity index (χ0) is 18.0. The minimum Gasteiger partial charge on any atom is -0.444 e. The number of hydrogen-bond acceptors (Lipinski definition) is 4. The molecule has 5 nitrogen and oxygen atoms in total. The first-order chi connectivity index (χ1) is 11.1. The Labute approximate surface area is 147 Å². The van der Waals surface area contributed by atoms with Crippen LogP contribution in [-0.2, 0) is 9.47 Å². The van der Waals surface area contributed by atoms with Crippen molar-refractivity contribution in [3.63, 3.8) is 0 Å². The van der Waals surface area contributed by atoms with Gasteiger partial charge in [0.15, 0.2) is 0 Å².